The van der Waals surface area contributed by atoms with Crippen LogP contribution in [-0.4, -0.2) is 20.5 Å². The molecular formula is C14H10BrN3O. The number of aromatic nitrogens is 3. The molecule has 0 bridgehead atoms. The number of ketones is 1. The SMILES string of the molecule is Cn1nccc1C(=O)c1nc2ccccc2cc1Br. The number of hydrogen-bond acceptors (Lipinski definition) is 3. The minimum atomic E-state index is -0.141. The van der Waals surface area contributed by atoms with Gasteiger partial charge in [-0.05, 0) is 34.1 Å². The van der Waals surface area contributed by atoms with E-state index < -0.39 is 0 Å². The molecule has 0 aliphatic rings. The molecule has 0 atom stereocenters. The summed E-state index contributed by atoms with van der Waals surface area (Å²) in [6, 6.07) is 11.3. The number of carbonyl (C=O) groups is 1. The van der Waals surface area contributed by atoms with Crippen molar-refractivity contribution >= 4 is 32.6 Å². The van der Waals surface area contributed by atoms with E-state index in [2.05, 4.69) is 26.0 Å². The quantitative estimate of drug-likeness (QED) is 0.683. The summed E-state index contributed by atoms with van der Waals surface area (Å²) in [6.07, 6.45) is 1.60. The topological polar surface area (TPSA) is 47.8 Å². The number of rotatable bonds is 2. The summed E-state index contributed by atoms with van der Waals surface area (Å²) in [4.78, 5) is 16.9. The fourth-order valence-corrected chi connectivity index (χ4v) is 2.48. The highest BCUT2D eigenvalue weighted by molar-refractivity contribution is 9.10. The van der Waals surface area contributed by atoms with Crippen molar-refractivity contribution in [3.63, 3.8) is 0 Å². The summed E-state index contributed by atoms with van der Waals surface area (Å²) in [5.41, 5.74) is 1.72. The standard InChI is InChI=1S/C14H10BrN3O/c1-18-12(6-7-16-18)14(19)13-10(15)8-9-4-2-3-5-11(9)17-13/h2-8H,1H3. The highest BCUT2D eigenvalue weighted by Crippen LogP contribution is 2.23. The van der Waals surface area contributed by atoms with Gasteiger partial charge in [0.05, 0.1) is 5.52 Å². The van der Waals surface area contributed by atoms with Gasteiger partial charge in [-0.3, -0.25) is 9.48 Å². The Morgan fingerprint density at radius 3 is 2.79 bits per heavy atom. The second kappa shape index (κ2) is 4.59. The van der Waals surface area contributed by atoms with Crippen LogP contribution < -0.4 is 0 Å². The van der Waals surface area contributed by atoms with Crippen molar-refractivity contribution in [3.8, 4) is 0 Å². The van der Waals surface area contributed by atoms with Crippen LogP contribution >= 0.6 is 15.9 Å². The fraction of sp³-hybridized carbons (Fsp3) is 0.0714. The molecule has 1 aromatic carbocycles. The van der Waals surface area contributed by atoms with Crippen molar-refractivity contribution in [2.75, 3.05) is 0 Å². The number of para-hydroxylation sites is 1. The van der Waals surface area contributed by atoms with Crippen molar-refractivity contribution in [2.45, 2.75) is 0 Å². The first kappa shape index (κ1) is 12.0. The second-order valence-electron chi connectivity index (χ2n) is 4.18. The Morgan fingerprint density at radius 1 is 1.26 bits per heavy atom. The molecule has 0 saturated carbocycles. The molecule has 94 valence electrons. The van der Waals surface area contributed by atoms with Gasteiger partial charge in [-0.1, -0.05) is 18.2 Å². The molecule has 2 heterocycles. The maximum absolute atomic E-state index is 12.4. The van der Waals surface area contributed by atoms with Crippen molar-refractivity contribution in [3.05, 3.63) is 58.5 Å². The largest absolute Gasteiger partial charge is 0.285 e. The third kappa shape index (κ3) is 2.06. The summed E-state index contributed by atoms with van der Waals surface area (Å²) in [5.74, 6) is -0.141. The third-order valence-electron chi connectivity index (χ3n) is 2.95. The number of carbonyl (C=O) groups excluding carboxylic acids is 1. The van der Waals surface area contributed by atoms with Crippen LogP contribution in [0, 0.1) is 0 Å². The van der Waals surface area contributed by atoms with E-state index in [4.69, 9.17) is 0 Å². The van der Waals surface area contributed by atoms with E-state index in [1.54, 1.807) is 24.0 Å². The summed E-state index contributed by atoms with van der Waals surface area (Å²) >= 11 is 3.42. The van der Waals surface area contributed by atoms with Crippen molar-refractivity contribution < 1.29 is 4.79 Å². The van der Waals surface area contributed by atoms with Crippen LogP contribution in [0.25, 0.3) is 10.9 Å². The summed E-state index contributed by atoms with van der Waals surface area (Å²) in [6.45, 7) is 0. The molecule has 0 fully saturated rings. The van der Waals surface area contributed by atoms with E-state index in [9.17, 15) is 4.79 Å². The smallest absolute Gasteiger partial charge is 0.230 e. The molecule has 0 radical (unpaired) electrons. The minimum Gasteiger partial charge on any atom is -0.285 e. The van der Waals surface area contributed by atoms with Gasteiger partial charge in [-0.25, -0.2) is 4.98 Å². The molecule has 2 aromatic heterocycles. The zero-order valence-corrected chi connectivity index (χ0v) is 11.8. The number of nitrogens with zero attached hydrogens (tertiary/aromatic N) is 3. The van der Waals surface area contributed by atoms with Crippen LogP contribution in [0.3, 0.4) is 0 Å². The van der Waals surface area contributed by atoms with Crippen LogP contribution in [0.4, 0.5) is 0 Å². The lowest BCUT2D eigenvalue weighted by molar-refractivity contribution is 0.102. The van der Waals surface area contributed by atoms with Crippen LogP contribution in [0.5, 0.6) is 0 Å². The van der Waals surface area contributed by atoms with Gasteiger partial charge >= 0.3 is 0 Å². The van der Waals surface area contributed by atoms with Gasteiger partial charge in [-0.15, -0.1) is 0 Å². The van der Waals surface area contributed by atoms with Crippen LogP contribution in [0.1, 0.15) is 16.2 Å². The molecule has 0 amide bonds. The summed E-state index contributed by atoms with van der Waals surface area (Å²) in [5, 5.41) is 5.00. The highest BCUT2D eigenvalue weighted by Gasteiger charge is 2.18. The highest BCUT2D eigenvalue weighted by atomic mass is 79.9. The molecule has 0 unspecified atom stereocenters. The Labute approximate surface area is 118 Å². The third-order valence-corrected chi connectivity index (χ3v) is 3.55. The van der Waals surface area contributed by atoms with E-state index in [1.807, 2.05) is 30.3 Å². The van der Waals surface area contributed by atoms with Gasteiger partial charge in [0.25, 0.3) is 0 Å². The molecule has 0 N–H and O–H groups in total. The molecule has 4 nitrogen and oxygen atoms in total. The number of benzene rings is 1. The van der Waals surface area contributed by atoms with Crippen LogP contribution in [0.2, 0.25) is 0 Å². The molecule has 3 rings (SSSR count). The second-order valence-corrected chi connectivity index (χ2v) is 5.04. The number of aryl methyl sites for hydroxylation is 1. The molecule has 3 aromatic rings. The number of halogens is 1. The van der Waals surface area contributed by atoms with Crippen molar-refractivity contribution in [1.29, 1.82) is 0 Å². The minimum absolute atomic E-state index is 0.141. The fourth-order valence-electron chi connectivity index (χ4n) is 1.97. The van der Waals surface area contributed by atoms with Gasteiger partial charge in [-0.2, -0.15) is 5.10 Å². The zero-order chi connectivity index (χ0) is 13.4. The lowest BCUT2D eigenvalue weighted by Gasteiger charge is -2.05. The maximum Gasteiger partial charge on any atom is 0.230 e. The van der Waals surface area contributed by atoms with Gasteiger partial charge < -0.3 is 0 Å². The molecule has 0 aliphatic carbocycles. The Kier molecular flexibility index (Phi) is 2.91. The molecule has 0 aliphatic heterocycles. The normalized spacial score (nSPS) is 10.8. The van der Waals surface area contributed by atoms with Crippen LogP contribution in [-0.2, 0) is 7.05 Å². The van der Waals surface area contributed by atoms with Crippen molar-refractivity contribution in [1.82, 2.24) is 14.8 Å². The van der Waals surface area contributed by atoms with Gasteiger partial charge in [0.15, 0.2) is 0 Å². The van der Waals surface area contributed by atoms with Gasteiger partial charge in [0.2, 0.25) is 5.78 Å². The van der Waals surface area contributed by atoms with E-state index in [0.29, 0.717) is 15.9 Å². The number of hydrogen-bond donors (Lipinski definition) is 0. The van der Waals surface area contributed by atoms with Gasteiger partial charge in [0.1, 0.15) is 11.4 Å². The van der Waals surface area contributed by atoms with Crippen molar-refractivity contribution in [2.24, 2.45) is 7.05 Å². The van der Waals surface area contributed by atoms with E-state index >= 15 is 0 Å². The number of pyridine rings is 1. The molecule has 0 spiro atoms. The summed E-state index contributed by atoms with van der Waals surface area (Å²) < 4.78 is 2.24. The Morgan fingerprint density at radius 2 is 2.05 bits per heavy atom. The predicted molar refractivity (Wildman–Crippen MR) is 76.1 cm³/mol. The zero-order valence-electron chi connectivity index (χ0n) is 10.2. The first-order valence-electron chi connectivity index (χ1n) is 5.75. The first-order valence-corrected chi connectivity index (χ1v) is 6.54. The van der Waals surface area contributed by atoms with Crippen LogP contribution in [0.15, 0.2) is 47.1 Å². The molecule has 19 heavy (non-hydrogen) atoms. The van der Waals surface area contributed by atoms with Gasteiger partial charge in [0, 0.05) is 23.1 Å². The Balaban J connectivity index is 2.17. The average molecular weight is 316 g/mol. The van der Waals surface area contributed by atoms with E-state index in [-0.39, 0.29) is 5.78 Å². The van der Waals surface area contributed by atoms with E-state index in [1.165, 1.54) is 0 Å². The lowest BCUT2D eigenvalue weighted by atomic mass is 10.1. The maximum atomic E-state index is 12.4. The lowest BCUT2D eigenvalue weighted by Crippen LogP contribution is -2.10. The summed E-state index contributed by atoms with van der Waals surface area (Å²) in [7, 11) is 1.74. The first-order chi connectivity index (χ1) is 9.16. The number of fused-ring (bicyclic) bond motifs is 1. The Hall–Kier alpha value is -2.01. The predicted octanol–water partition coefficient (Wildman–Crippen LogP) is 2.96. The van der Waals surface area contributed by atoms with E-state index in [0.717, 1.165) is 10.9 Å². The molecule has 0 saturated heterocycles. The molecular weight excluding hydrogens is 306 g/mol. The Bertz CT molecular complexity index is 779. The average Bonchev–Trinajstić information content (AvgIpc) is 2.83. The molecule has 5 heteroatoms. The monoisotopic (exact) mass is 315 g/mol.